The first-order valence-electron chi connectivity index (χ1n) is 7.05. The molecule has 0 aromatic carbocycles. The summed E-state index contributed by atoms with van der Waals surface area (Å²) in [6, 6.07) is 0.900. The molecule has 2 nitrogen and oxygen atoms in total. The number of hydrogen-bond donors (Lipinski definition) is 2. The number of alkyl halides is 2. The van der Waals surface area contributed by atoms with Crippen molar-refractivity contribution in [2.75, 3.05) is 45.0 Å². The number of quaternary nitrogens is 2. The zero-order valence-corrected chi connectivity index (χ0v) is 14.9. The Morgan fingerprint density at radius 1 is 0.842 bits per heavy atom. The molecule has 1 saturated carbocycles. The van der Waals surface area contributed by atoms with E-state index in [2.05, 4.69) is 7.05 Å². The van der Waals surface area contributed by atoms with Crippen LogP contribution in [0.2, 0.25) is 0 Å². The SMILES string of the molecule is C[NH+](CC[NH+](CCCl)CCCl)C1CCCCC1.[Cl-].[Cl-]. The van der Waals surface area contributed by atoms with Crippen molar-refractivity contribution in [3.05, 3.63) is 0 Å². The third kappa shape index (κ3) is 9.60. The first-order chi connectivity index (χ1) is 8.27. The van der Waals surface area contributed by atoms with E-state index >= 15 is 0 Å². The molecule has 1 aliphatic carbocycles. The lowest BCUT2D eigenvalue weighted by atomic mass is 9.94. The summed E-state index contributed by atoms with van der Waals surface area (Å²) in [4.78, 5) is 3.27. The van der Waals surface area contributed by atoms with Crippen molar-refractivity contribution < 1.29 is 34.6 Å². The molecule has 0 spiro atoms. The molecule has 118 valence electrons. The van der Waals surface area contributed by atoms with Crippen molar-refractivity contribution in [1.29, 1.82) is 0 Å². The molecule has 1 unspecified atom stereocenters. The van der Waals surface area contributed by atoms with Gasteiger partial charge in [-0.05, 0) is 25.7 Å². The summed E-state index contributed by atoms with van der Waals surface area (Å²) in [7, 11) is 2.36. The van der Waals surface area contributed by atoms with Crippen molar-refractivity contribution in [2.24, 2.45) is 0 Å². The molecule has 0 aromatic heterocycles. The van der Waals surface area contributed by atoms with Gasteiger partial charge in [0.15, 0.2) is 0 Å². The van der Waals surface area contributed by atoms with Gasteiger partial charge in [-0.1, -0.05) is 6.42 Å². The first-order valence-corrected chi connectivity index (χ1v) is 8.12. The van der Waals surface area contributed by atoms with Gasteiger partial charge in [0, 0.05) is 0 Å². The van der Waals surface area contributed by atoms with Crippen LogP contribution in [0.4, 0.5) is 0 Å². The van der Waals surface area contributed by atoms with Gasteiger partial charge in [-0.25, -0.2) is 0 Å². The van der Waals surface area contributed by atoms with E-state index in [0.717, 1.165) is 30.9 Å². The van der Waals surface area contributed by atoms with Crippen LogP contribution in [0.5, 0.6) is 0 Å². The zero-order valence-electron chi connectivity index (χ0n) is 11.9. The molecule has 0 aromatic rings. The van der Waals surface area contributed by atoms with E-state index in [-0.39, 0.29) is 24.8 Å². The molecule has 6 heteroatoms. The van der Waals surface area contributed by atoms with Gasteiger partial charge < -0.3 is 34.6 Å². The minimum Gasteiger partial charge on any atom is -1.00 e. The van der Waals surface area contributed by atoms with Crippen molar-refractivity contribution >= 4 is 23.2 Å². The second kappa shape index (κ2) is 14.0. The maximum atomic E-state index is 5.83. The van der Waals surface area contributed by atoms with E-state index < -0.39 is 0 Å². The second-order valence-electron chi connectivity index (χ2n) is 5.31. The predicted octanol–water partition coefficient (Wildman–Crippen LogP) is -5.80. The number of likely N-dealkylation sites (N-methyl/N-ethyl adjacent to an activating group) is 1. The van der Waals surface area contributed by atoms with Crippen LogP contribution in [0.25, 0.3) is 0 Å². The smallest absolute Gasteiger partial charge is 0.127 e. The molecular weight excluding hydrogens is 326 g/mol. The lowest BCUT2D eigenvalue weighted by Crippen LogP contribution is -3.21. The highest BCUT2D eigenvalue weighted by Gasteiger charge is 2.22. The molecule has 0 saturated heterocycles. The van der Waals surface area contributed by atoms with Crippen LogP contribution >= 0.6 is 23.2 Å². The molecule has 0 heterocycles. The molecule has 1 atom stereocenters. The fourth-order valence-electron chi connectivity index (χ4n) is 2.82. The maximum absolute atomic E-state index is 5.83. The molecule has 0 amide bonds. The van der Waals surface area contributed by atoms with Crippen LogP contribution in [0.1, 0.15) is 32.1 Å². The standard InChI is InChI=1S/C13H26Cl2N2.2ClH/c1-16(13-5-3-2-4-6-13)11-12-17(9-7-14)10-8-15;;/h13H,2-12H2,1H3;2*1H. The topological polar surface area (TPSA) is 8.88 Å². The van der Waals surface area contributed by atoms with Crippen LogP contribution in [0.15, 0.2) is 0 Å². The number of nitrogens with one attached hydrogen (secondary N) is 2. The molecular formula is C13H28Cl4N2. The Balaban J connectivity index is 0. The Labute approximate surface area is 141 Å². The highest BCUT2D eigenvalue weighted by atomic mass is 35.5. The second-order valence-corrected chi connectivity index (χ2v) is 6.07. The van der Waals surface area contributed by atoms with Gasteiger partial charge in [0.2, 0.25) is 0 Å². The van der Waals surface area contributed by atoms with Gasteiger partial charge in [0.05, 0.1) is 37.9 Å². The number of halogens is 4. The van der Waals surface area contributed by atoms with Crippen LogP contribution in [-0.4, -0.2) is 51.0 Å². The molecule has 1 fully saturated rings. The summed E-state index contributed by atoms with van der Waals surface area (Å²) in [5.74, 6) is 1.49. The average molecular weight is 354 g/mol. The van der Waals surface area contributed by atoms with Crippen LogP contribution < -0.4 is 34.6 Å². The van der Waals surface area contributed by atoms with Crippen LogP contribution in [0.3, 0.4) is 0 Å². The third-order valence-electron chi connectivity index (χ3n) is 4.07. The number of hydrogen-bond acceptors (Lipinski definition) is 0. The monoisotopic (exact) mass is 352 g/mol. The van der Waals surface area contributed by atoms with E-state index in [1.165, 1.54) is 45.2 Å². The lowest BCUT2D eigenvalue weighted by Gasteiger charge is -2.29. The first kappa shape index (κ1) is 22.4. The van der Waals surface area contributed by atoms with E-state index in [4.69, 9.17) is 23.2 Å². The minimum atomic E-state index is 0. The van der Waals surface area contributed by atoms with Gasteiger partial charge in [-0.15, -0.1) is 23.2 Å². The van der Waals surface area contributed by atoms with Gasteiger partial charge in [0.1, 0.15) is 13.1 Å². The third-order valence-corrected chi connectivity index (χ3v) is 4.45. The Bertz CT molecular complexity index is 183. The van der Waals surface area contributed by atoms with Crippen LogP contribution in [-0.2, 0) is 0 Å². The average Bonchev–Trinajstić information content (AvgIpc) is 2.37. The Hall–Kier alpha value is 1.08. The summed E-state index contributed by atoms with van der Waals surface area (Å²) >= 11 is 11.7. The molecule has 0 aliphatic heterocycles. The summed E-state index contributed by atoms with van der Waals surface area (Å²) < 4.78 is 0. The fourth-order valence-corrected chi connectivity index (χ4v) is 3.35. The van der Waals surface area contributed by atoms with E-state index in [1.54, 1.807) is 9.80 Å². The Morgan fingerprint density at radius 2 is 1.37 bits per heavy atom. The Kier molecular flexibility index (Phi) is 16.5. The summed E-state index contributed by atoms with van der Waals surface area (Å²) in [6.45, 7) is 4.56. The minimum absolute atomic E-state index is 0. The maximum Gasteiger partial charge on any atom is 0.127 e. The Morgan fingerprint density at radius 3 is 1.84 bits per heavy atom. The molecule has 1 rings (SSSR count). The fraction of sp³-hybridized carbons (Fsp3) is 1.00. The molecule has 1 aliphatic rings. The van der Waals surface area contributed by atoms with Gasteiger partial charge in [-0.2, -0.15) is 0 Å². The van der Waals surface area contributed by atoms with Crippen LogP contribution in [0, 0.1) is 0 Å². The van der Waals surface area contributed by atoms with Gasteiger partial charge >= 0.3 is 0 Å². The van der Waals surface area contributed by atoms with Gasteiger partial charge in [-0.3, -0.25) is 0 Å². The predicted molar refractivity (Wildman–Crippen MR) is 75.6 cm³/mol. The molecule has 0 radical (unpaired) electrons. The van der Waals surface area contributed by atoms with E-state index in [0.29, 0.717) is 0 Å². The van der Waals surface area contributed by atoms with Crippen molar-refractivity contribution in [2.45, 2.75) is 38.1 Å². The zero-order chi connectivity index (χ0) is 12.5. The largest absolute Gasteiger partial charge is 1.00 e. The van der Waals surface area contributed by atoms with Crippen molar-refractivity contribution in [3.63, 3.8) is 0 Å². The lowest BCUT2D eigenvalue weighted by molar-refractivity contribution is -0.959. The van der Waals surface area contributed by atoms with E-state index in [9.17, 15) is 0 Å². The van der Waals surface area contributed by atoms with E-state index in [1.807, 2.05) is 0 Å². The molecule has 0 bridgehead atoms. The van der Waals surface area contributed by atoms with Crippen molar-refractivity contribution in [3.8, 4) is 0 Å². The summed E-state index contributed by atoms with van der Waals surface area (Å²) in [6.07, 6.45) is 7.15. The van der Waals surface area contributed by atoms with Crippen molar-refractivity contribution in [1.82, 2.24) is 0 Å². The quantitative estimate of drug-likeness (QED) is 0.402. The normalized spacial score (nSPS) is 17.7. The molecule has 2 N–H and O–H groups in total. The highest BCUT2D eigenvalue weighted by molar-refractivity contribution is 6.18. The summed E-state index contributed by atoms with van der Waals surface area (Å²) in [5.41, 5.74) is 0. The summed E-state index contributed by atoms with van der Waals surface area (Å²) in [5, 5.41) is 0. The number of rotatable bonds is 8. The highest BCUT2D eigenvalue weighted by Crippen LogP contribution is 2.14. The molecule has 19 heavy (non-hydrogen) atoms. The van der Waals surface area contributed by atoms with Gasteiger partial charge in [0.25, 0.3) is 0 Å².